The van der Waals surface area contributed by atoms with Gasteiger partial charge in [0.1, 0.15) is 0 Å². The van der Waals surface area contributed by atoms with Crippen molar-refractivity contribution in [3.05, 3.63) is 28.8 Å². The van der Waals surface area contributed by atoms with E-state index in [0.29, 0.717) is 11.6 Å². The van der Waals surface area contributed by atoms with Crippen LogP contribution in [-0.4, -0.2) is 25.7 Å². The number of hydrogen-bond acceptors (Lipinski definition) is 3. The van der Waals surface area contributed by atoms with Crippen LogP contribution in [0.5, 0.6) is 0 Å². The second kappa shape index (κ2) is 8.32. The number of anilines is 1. The van der Waals surface area contributed by atoms with Crippen LogP contribution in [0.3, 0.4) is 0 Å². The molecule has 6 heteroatoms. The smallest absolute Gasteiger partial charge is 0.227 e. The molecular formula is C12H18Cl2N2O2. The number of nitrogens with two attached hydrogens (primary N) is 1. The van der Waals surface area contributed by atoms with Crippen molar-refractivity contribution in [1.29, 1.82) is 0 Å². The van der Waals surface area contributed by atoms with Gasteiger partial charge in [-0.3, -0.25) is 4.79 Å². The van der Waals surface area contributed by atoms with Crippen molar-refractivity contribution in [3.63, 3.8) is 0 Å². The van der Waals surface area contributed by atoms with E-state index in [-0.39, 0.29) is 30.8 Å². The molecule has 0 radical (unpaired) electrons. The number of nitrogens with one attached hydrogen (secondary N) is 1. The topological polar surface area (TPSA) is 64.3 Å². The second-order valence-corrected chi connectivity index (χ2v) is 4.24. The zero-order chi connectivity index (χ0) is 12.8. The monoisotopic (exact) mass is 292 g/mol. The summed E-state index contributed by atoms with van der Waals surface area (Å²) in [7, 11) is 1.54. The molecule has 1 amide bonds. The predicted molar refractivity (Wildman–Crippen MR) is 76.5 cm³/mol. The molecular weight excluding hydrogens is 275 g/mol. The third-order valence-electron chi connectivity index (χ3n) is 2.47. The summed E-state index contributed by atoms with van der Waals surface area (Å²) >= 11 is 5.83. The predicted octanol–water partition coefficient (Wildman–Crippen LogP) is 2.37. The molecule has 0 aliphatic heterocycles. The van der Waals surface area contributed by atoms with E-state index in [1.54, 1.807) is 25.3 Å². The van der Waals surface area contributed by atoms with Gasteiger partial charge in [0.2, 0.25) is 5.91 Å². The fourth-order valence-electron chi connectivity index (χ4n) is 1.44. The van der Waals surface area contributed by atoms with Gasteiger partial charge in [-0.15, -0.1) is 12.4 Å². The number of rotatable bonds is 5. The molecule has 1 unspecified atom stereocenters. The largest absolute Gasteiger partial charge is 0.380 e. The number of halogens is 2. The zero-order valence-electron chi connectivity index (χ0n) is 10.4. The van der Waals surface area contributed by atoms with Crippen LogP contribution in [0.2, 0.25) is 5.02 Å². The quantitative estimate of drug-likeness (QED) is 0.876. The summed E-state index contributed by atoms with van der Waals surface area (Å²) in [6.07, 6.45) is -0.00248. The van der Waals surface area contributed by atoms with Crippen LogP contribution < -0.4 is 11.1 Å². The van der Waals surface area contributed by atoms with Gasteiger partial charge in [-0.25, -0.2) is 0 Å². The molecule has 0 aliphatic rings. The van der Waals surface area contributed by atoms with Gasteiger partial charge in [-0.1, -0.05) is 11.6 Å². The standard InChI is InChI=1S/C12H17ClN2O2.ClH/c1-8-5-9(13)3-4-11(8)15-12(16)6-10(7-14)17-2;/h3-5,10H,6-7,14H2,1-2H3,(H,15,16);1H. The average molecular weight is 293 g/mol. The van der Waals surface area contributed by atoms with Crippen LogP contribution in [0, 0.1) is 6.92 Å². The Balaban J connectivity index is 0.00000289. The lowest BCUT2D eigenvalue weighted by atomic mass is 10.2. The number of carbonyl (C=O) groups excluding carboxylic acids is 1. The van der Waals surface area contributed by atoms with E-state index < -0.39 is 0 Å². The summed E-state index contributed by atoms with van der Waals surface area (Å²) in [6, 6.07) is 5.31. The first-order valence-electron chi connectivity index (χ1n) is 5.35. The Morgan fingerprint density at radius 3 is 2.72 bits per heavy atom. The Kier molecular flexibility index (Phi) is 7.95. The maximum Gasteiger partial charge on any atom is 0.227 e. The number of hydrogen-bond donors (Lipinski definition) is 2. The number of carbonyl (C=O) groups is 1. The molecule has 1 rings (SSSR count). The molecule has 102 valence electrons. The number of benzene rings is 1. The number of amides is 1. The molecule has 1 atom stereocenters. The van der Waals surface area contributed by atoms with Gasteiger partial charge in [0.25, 0.3) is 0 Å². The molecule has 18 heavy (non-hydrogen) atoms. The molecule has 4 nitrogen and oxygen atoms in total. The summed E-state index contributed by atoms with van der Waals surface area (Å²) in [4.78, 5) is 11.7. The van der Waals surface area contributed by atoms with Gasteiger partial charge >= 0.3 is 0 Å². The van der Waals surface area contributed by atoms with Crippen molar-refractivity contribution in [1.82, 2.24) is 0 Å². The number of aryl methyl sites for hydroxylation is 1. The number of ether oxygens (including phenoxy) is 1. The highest BCUT2D eigenvalue weighted by atomic mass is 35.5. The zero-order valence-corrected chi connectivity index (χ0v) is 12.0. The van der Waals surface area contributed by atoms with Crippen molar-refractivity contribution >= 4 is 35.6 Å². The maximum atomic E-state index is 11.7. The summed E-state index contributed by atoms with van der Waals surface area (Å²) in [5.41, 5.74) is 7.13. The van der Waals surface area contributed by atoms with Crippen LogP contribution in [0.15, 0.2) is 18.2 Å². The minimum atomic E-state index is -0.248. The van der Waals surface area contributed by atoms with E-state index >= 15 is 0 Å². The Bertz CT molecular complexity index is 396. The van der Waals surface area contributed by atoms with Gasteiger partial charge < -0.3 is 15.8 Å². The molecule has 0 aliphatic carbocycles. The summed E-state index contributed by atoms with van der Waals surface area (Å²) in [5.74, 6) is -0.118. The molecule has 0 saturated heterocycles. The van der Waals surface area contributed by atoms with Crippen LogP contribution in [0.4, 0.5) is 5.69 Å². The van der Waals surface area contributed by atoms with Crippen molar-refractivity contribution in [3.8, 4) is 0 Å². The van der Waals surface area contributed by atoms with E-state index in [9.17, 15) is 4.79 Å². The van der Waals surface area contributed by atoms with Crippen molar-refractivity contribution in [2.45, 2.75) is 19.4 Å². The minimum Gasteiger partial charge on any atom is -0.380 e. The van der Waals surface area contributed by atoms with Gasteiger partial charge in [0.15, 0.2) is 0 Å². The van der Waals surface area contributed by atoms with Crippen molar-refractivity contribution in [2.24, 2.45) is 5.73 Å². The van der Waals surface area contributed by atoms with E-state index in [4.69, 9.17) is 22.1 Å². The highest BCUT2D eigenvalue weighted by molar-refractivity contribution is 6.30. The lowest BCUT2D eigenvalue weighted by molar-refractivity contribution is -0.118. The van der Waals surface area contributed by atoms with Crippen LogP contribution in [-0.2, 0) is 9.53 Å². The summed E-state index contributed by atoms with van der Waals surface area (Å²) in [6.45, 7) is 2.21. The fraction of sp³-hybridized carbons (Fsp3) is 0.417. The average Bonchev–Trinajstić information content (AvgIpc) is 2.29. The summed E-state index contributed by atoms with van der Waals surface area (Å²) < 4.78 is 5.05. The molecule has 0 aromatic heterocycles. The van der Waals surface area contributed by atoms with Gasteiger partial charge in [-0.2, -0.15) is 0 Å². The molecule has 3 N–H and O–H groups in total. The Hall–Kier alpha value is -0.810. The molecule has 0 heterocycles. The number of methoxy groups -OCH3 is 1. The second-order valence-electron chi connectivity index (χ2n) is 3.80. The molecule has 0 fully saturated rings. The maximum absolute atomic E-state index is 11.7. The highest BCUT2D eigenvalue weighted by Gasteiger charge is 2.12. The van der Waals surface area contributed by atoms with Gasteiger partial charge in [0, 0.05) is 24.4 Å². The highest BCUT2D eigenvalue weighted by Crippen LogP contribution is 2.19. The Morgan fingerprint density at radius 1 is 1.56 bits per heavy atom. The van der Waals surface area contributed by atoms with Crippen LogP contribution in [0.1, 0.15) is 12.0 Å². The molecule has 1 aromatic carbocycles. The molecule has 1 aromatic rings. The van der Waals surface area contributed by atoms with Crippen LogP contribution >= 0.6 is 24.0 Å². The van der Waals surface area contributed by atoms with Gasteiger partial charge in [-0.05, 0) is 30.7 Å². The summed E-state index contributed by atoms with van der Waals surface area (Å²) in [5, 5.41) is 3.45. The third-order valence-corrected chi connectivity index (χ3v) is 2.71. The minimum absolute atomic E-state index is 0. The first kappa shape index (κ1) is 17.2. The van der Waals surface area contributed by atoms with Gasteiger partial charge in [0.05, 0.1) is 12.5 Å². The van der Waals surface area contributed by atoms with Crippen LogP contribution in [0.25, 0.3) is 0 Å². The van der Waals surface area contributed by atoms with E-state index in [1.165, 1.54) is 0 Å². The first-order valence-corrected chi connectivity index (χ1v) is 5.73. The molecule has 0 bridgehead atoms. The molecule has 0 saturated carbocycles. The SMILES string of the molecule is COC(CN)CC(=O)Nc1ccc(Cl)cc1C.Cl. The lowest BCUT2D eigenvalue weighted by Gasteiger charge is -2.13. The van der Waals surface area contributed by atoms with E-state index in [0.717, 1.165) is 11.3 Å². The van der Waals surface area contributed by atoms with Crippen molar-refractivity contribution in [2.75, 3.05) is 19.0 Å². The Morgan fingerprint density at radius 2 is 2.22 bits per heavy atom. The first-order chi connectivity index (χ1) is 8.06. The van der Waals surface area contributed by atoms with E-state index in [2.05, 4.69) is 5.32 Å². The van der Waals surface area contributed by atoms with E-state index in [1.807, 2.05) is 6.92 Å². The molecule has 0 spiro atoms. The Labute approximate surface area is 118 Å². The normalized spacial score (nSPS) is 11.6. The fourth-order valence-corrected chi connectivity index (χ4v) is 1.66. The lowest BCUT2D eigenvalue weighted by Crippen LogP contribution is -2.28. The van der Waals surface area contributed by atoms with Crippen molar-refractivity contribution < 1.29 is 9.53 Å². The third kappa shape index (κ3) is 5.23.